The molecule has 1 heterocycles. The fraction of sp³-hybridized carbons (Fsp3) is 0.0526. The van der Waals surface area contributed by atoms with E-state index in [4.69, 9.17) is 16.9 Å². The van der Waals surface area contributed by atoms with Crippen LogP contribution in [-0.2, 0) is 0 Å². The van der Waals surface area contributed by atoms with E-state index in [1.807, 2.05) is 13.0 Å². The third-order valence-corrected chi connectivity index (χ3v) is 3.87. The third-order valence-electron chi connectivity index (χ3n) is 3.63. The molecule has 3 aromatic rings. The number of aryl methyl sites for hydroxylation is 1. The molecule has 6 nitrogen and oxygen atoms in total. The topological polar surface area (TPSA) is 90.7 Å². The average Bonchev–Trinajstić information content (AvgIpc) is 2.65. The number of benzene rings is 2. The Bertz CT molecular complexity index is 996. The Balaban J connectivity index is 1.76. The van der Waals surface area contributed by atoms with E-state index in [-0.39, 0.29) is 11.6 Å². The lowest BCUT2D eigenvalue weighted by Gasteiger charge is -2.10. The molecule has 0 aliphatic heterocycles. The maximum absolute atomic E-state index is 12.5. The molecule has 2 aromatic carbocycles. The van der Waals surface area contributed by atoms with Gasteiger partial charge in [0.1, 0.15) is 17.8 Å². The highest BCUT2D eigenvalue weighted by molar-refractivity contribution is 6.31. The largest absolute Gasteiger partial charge is 0.340 e. The number of rotatable bonds is 4. The molecule has 0 aliphatic carbocycles. The van der Waals surface area contributed by atoms with E-state index in [9.17, 15) is 4.79 Å². The second kappa shape index (κ2) is 7.64. The number of amides is 1. The number of halogens is 1. The van der Waals surface area contributed by atoms with Gasteiger partial charge in [-0.1, -0.05) is 17.7 Å². The smallest absolute Gasteiger partial charge is 0.274 e. The molecule has 0 saturated carbocycles. The van der Waals surface area contributed by atoms with Gasteiger partial charge in [-0.05, 0) is 48.9 Å². The van der Waals surface area contributed by atoms with Crippen molar-refractivity contribution < 1.29 is 4.79 Å². The molecule has 0 aliphatic rings. The van der Waals surface area contributed by atoms with Crippen LogP contribution in [0.1, 0.15) is 21.6 Å². The first-order chi connectivity index (χ1) is 12.5. The summed E-state index contributed by atoms with van der Waals surface area (Å²) in [7, 11) is 0. The summed E-state index contributed by atoms with van der Waals surface area (Å²) in [5, 5.41) is 15.2. The lowest BCUT2D eigenvalue weighted by Crippen LogP contribution is -2.15. The highest BCUT2D eigenvalue weighted by atomic mass is 35.5. The van der Waals surface area contributed by atoms with Crippen molar-refractivity contribution in [1.82, 2.24) is 9.97 Å². The maximum atomic E-state index is 12.5. The van der Waals surface area contributed by atoms with E-state index >= 15 is 0 Å². The minimum Gasteiger partial charge on any atom is -0.340 e. The van der Waals surface area contributed by atoms with Crippen molar-refractivity contribution in [1.29, 1.82) is 5.26 Å². The number of anilines is 3. The van der Waals surface area contributed by atoms with Gasteiger partial charge in [0.25, 0.3) is 5.91 Å². The van der Waals surface area contributed by atoms with Crippen molar-refractivity contribution in [2.75, 3.05) is 10.6 Å². The lowest BCUT2D eigenvalue weighted by atomic mass is 10.2. The number of aromatic nitrogens is 2. The molecule has 3 rings (SSSR count). The number of hydrogen-bond acceptors (Lipinski definition) is 5. The molecule has 0 saturated heterocycles. The van der Waals surface area contributed by atoms with Crippen LogP contribution in [0.2, 0.25) is 5.02 Å². The van der Waals surface area contributed by atoms with E-state index in [2.05, 4.69) is 26.7 Å². The summed E-state index contributed by atoms with van der Waals surface area (Å²) >= 11 is 5.98. The van der Waals surface area contributed by atoms with Gasteiger partial charge in [-0.3, -0.25) is 4.79 Å². The maximum Gasteiger partial charge on any atom is 0.274 e. The van der Waals surface area contributed by atoms with Crippen LogP contribution >= 0.6 is 11.6 Å². The molecule has 0 radical (unpaired) electrons. The zero-order chi connectivity index (χ0) is 18.5. The molecule has 128 valence electrons. The molecule has 26 heavy (non-hydrogen) atoms. The predicted octanol–water partition coefficient (Wildman–Crippen LogP) is 4.31. The van der Waals surface area contributed by atoms with Gasteiger partial charge in [0.15, 0.2) is 0 Å². The van der Waals surface area contributed by atoms with Gasteiger partial charge >= 0.3 is 0 Å². The molecular formula is C19H14ClN5O. The van der Waals surface area contributed by atoms with E-state index in [1.54, 1.807) is 42.5 Å². The molecule has 0 bridgehead atoms. The first-order valence-electron chi connectivity index (χ1n) is 7.72. The minimum atomic E-state index is -0.361. The standard InChI is InChI=1S/C19H14ClN5O/c1-12-2-5-14(20)8-16(12)25-19(26)17-9-18(23-11-22-17)24-15-6-3-13(10-21)4-7-15/h2-9,11H,1H3,(H,25,26)(H,22,23,24). The summed E-state index contributed by atoms with van der Waals surface area (Å²) in [4.78, 5) is 20.6. The van der Waals surface area contributed by atoms with Crippen molar-refractivity contribution >= 4 is 34.7 Å². The minimum absolute atomic E-state index is 0.218. The number of nitriles is 1. The Morgan fingerprint density at radius 1 is 1.12 bits per heavy atom. The fourth-order valence-corrected chi connectivity index (χ4v) is 2.41. The van der Waals surface area contributed by atoms with Crippen molar-refractivity contribution in [2.24, 2.45) is 0 Å². The fourth-order valence-electron chi connectivity index (χ4n) is 2.24. The lowest BCUT2D eigenvalue weighted by molar-refractivity contribution is 0.102. The Morgan fingerprint density at radius 2 is 1.88 bits per heavy atom. The third kappa shape index (κ3) is 4.15. The summed E-state index contributed by atoms with van der Waals surface area (Å²) in [6.45, 7) is 1.88. The number of carbonyl (C=O) groups excluding carboxylic acids is 1. The van der Waals surface area contributed by atoms with Gasteiger partial charge in [0, 0.05) is 22.5 Å². The van der Waals surface area contributed by atoms with Crippen LogP contribution in [0.3, 0.4) is 0 Å². The Morgan fingerprint density at radius 3 is 2.62 bits per heavy atom. The first kappa shape index (κ1) is 17.4. The Kier molecular flexibility index (Phi) is 5.11. The highest BCUT2D eigenvalue weighted by Crippen LogP contribution is 2.21. The van der Waals surface area contributed by atoms with Gasteiger partial charge in [0.2, 0.25) is 0 Å². The zero-order valence-corrected chi connectivity index (χ0v) is 14.6. The zero-order valence-electron chi connectivity index (χ0n) is 13.8. The van der Waals surface area contributed by atoms with Crippen LogP contribution in [0.5, 0.6) is 0 Å². The summed E-state index contributed by atoms with van der Waals surface area (Å²) in [5.74, 6) is 0.110. The molecule has 0 atom stereocenters. The predicted molar refractivity (Wildman–Crippen MR) is 101 cm³/mol. The Labute approximate surface area is 155 Å². The van der Waals surface area contributed by atoms with Gasteiger partial charge in [0.05, 0.1) is 11.6 Å². The van der Waals surface area contributed by atoms with Crippen LogP contribution in [0, 0.1) is 18.3 Å². The van der Waals surface area contributed by atoms with Crippen molar-refractivity contribution in [3.8, 4) is 6.07 Å². The van der Waals surface area contributed by atoms with Gasteiger partial charge in [-0.15, -0.1) is 0 Å². The van der Waals surface area contributed by atoms with Crippen LogP contribution in [0.15, 0.2) is 54.9 Å². The monoisotopic (exact) mass is 363 g/mol. The normalized spacial score (nSPS) is 10.0. The second-order valence-corrected chi connectivity index (χ2v) is 5.95. The van der Waals surface area contributed by atoms with E-state index < -0.39 is 0 Å². The molecule has 0 unspecified atom stereocenters. The molecule has 2 N–H and O–H groups in total. The van der Waals surface area contributed by atoms with E-state index in [1.165, 1.54) is 6.33 Å². The van der Waals surface area contributed by atoms with Crippen LogP contribution in [0.4, 0.5) is 17.2 Å². The van der Waals surface area contributed by atoms with Crippen molar-refractivity contribution in [2.45, 2.75) is 6.92 Å². The van der Waals surface area contributed by atoms with Crippen molar-refractivity contribution in [3.05, 3.63) is 76.7 Å². The van der Waals surface area contributed by atoms with Gasteiger partial charge in [-0.25, -0.2) is 9.97 Å². The average molecular weight is 364 g/mol. The molecular weight excluding hydrogens is 350 g/mol. The summed E-state index contributed by atoms with van der Waals surface area (Å²) in [6, 6.07) is 15.8. The summed E-state index contributed by atoms with van der Waals surface area (Å²) < 4.78 is 0. The summed E-state index contributed by atoms with van der Waals surface area (Å²) in [6.07, 6.45) is 1.31. The molecule has 0 fully saturated rings. The van der Waals surface area contributed by atoms with Crippen LogP contribution in [-0.4, -0.2) is 15.9 Å². The number of hydrogen-bond donors (Lipinski definition) is 2. The molecule has 1 amide bonds. The Hall–Kier alpha value is -3.43. The van der Waals surface area contributed by atoms with Crippen LogP contribution < -0.4 is 10.6 Å². The quantitative estimate of drug-likeness (QED) is 0.720. The molecule has 7 heteroatoms. The second-order valence-electron chi connectivity index (χ2n) is 5.52. The molecule has 0 spiro atoms. The molecule has 1 aromatic heterocycles. The van der Waals surface area contributed by atoms with Crippen LogP contribution in [0.25, 0.3) is 0 Å². The number of nitrogens with one attached hydrogen (secondary N) is 2. The van der Waals surface area contributed by atoms with Gasteiger partial charge < -0.3 is 10.6 Å². The van der Waals surface area contributed by atoms with Crippen molar-refractivity contribution in [3.63, 3.8) is 0 Å². The van der Waals surface area contributed by atoms with Gasteiger partial charge in [-0.2, -0.15) is 5.26 Å². The summed E-state index contributed by atoms with van der Waals surface area (Å²) in [5.41, 5.74) is 3.06. The highest BCUT2D eigenvalue weighted by Gasteiger charge is 2.11. The SMILES string of the molecule is Cc1ccc(Cl)cc1NC(=O)c1cc(Nc2ccc(C#N)cc2)ncn1. The van der Waals surface area contributed by atoms with E-state index in [0.29, 0.717) is 22.1 Å². The first-order valence-corrected chi connectivity index (χ1v) is 8.10. The number of nitrogens with zero attached hydrogens (tertiary/aromatic N) is 3. The van der Waals surface area contributed by atoms with E-state index in [0.717, 1.165) is 11.3 Å². The number of carbonyl (C=O) groups is 1.